The van der Waals surface area contributed by atoms with Gasteiger partial charge in [-0.1, -0.05) is 0 Å². The molecule has 0 saturated heterocycles. The van der Waals surface area contributed by atoms with Crippen LogP contribution in [0.1, 0.15) is 10.5 Å². The van der Waals surface area contributed by atoms with Crippen molar-refractivity contribution < 1.29 is 9.90 Å². The summed E-state index contributed by atoms with van der Waals surface area (Å²) in [5, 5.41) is 8.86. The van der Waals surface area contributed by atoms with Crippen LogP contribution in [0.25, 0.3) is 9.75 Å². The Morgan fingerprint density at radius 2 is 2.29 bits per heavy atom. The van der Waals surface area contributed by atoms with Gasteiger partial charge in [0.1, 0.15) is 0 Å². The summed E-state index contributed by atoms with van der Waals surface area (Å²) in [6.07, 6.45) is 0. The van der Waals surface area contributed by atoms with Gasteiger partial charge in [0.25, 0.3) is 0 Å². The highest BCUT2D eigenvalue weighted by atomic mass is 79.9. The van der Waals surface area contributed by atoms with Gasteiger partial charge in [-0.05, 0) is 28.1 Å². The Morgan fingerprint density at radius 3 is 2.86 bits per heavy atom. The number of carboxylic acid groups (broad SMARTS) is 1. The lowest BCUT2D eigenvalue weighted by Gasteiger charge is -1.92. The van der Waals surface area contributed by atoms with Crippen molar-refractivity contribution in [1.82, 2.24) is 4.98 Å². The van der Waals surface area contributed by atoms with Crippen LogP contribution in [-0.4, -0.2) is 16.1 Å². The molecule has 0 radical (unpaired) electrons. The summed E-state index contributed by atoms with van der Waals surface area (Å²) in [7, 11) is 0. The molecule has 2 aromatic heterocycles. The van der Waals surface area contributed by atoms with Crippen LogP contribution in [0.15, 0.2) is 21.4 Å². The van der Waals surface area contributed by atoms with Gasteiger partial charge in [-0.15, -0.1) is 22.7 Å². The van der Waals surface area contributed by atoms with E-state index < -0.39 is 5.97 Å². The molecule has 0 aromatic carbocycles. The van der Waals surface area contributed by atoms with E-state index >= 15 is 0 Å². The molecule has 3 nitrogen and oxygen atoms in total. The topological polar surface area (TPSA) is 50.2 Å². The Hall–Kier alpha value is -0.720. The average molecular weight is 290 g/mol. The van der Waals surface area contributed by atoms with E-state index in [-0.39, 0.29) is 5.69 Å². The van der Waals surface area contributed by atoms with Gasteiger partial charge < -0.3 is 5.11 Å². The van der Waals surface area contributed by atoms with Crippen LogP contribution in [0.5, 0.6) is 0 Å². The molecule has 72 valence electrons. The fraction of sp³-hybridized carbons (Fsp3) is 0. The summed E-state index contributed by atoms with van der Waals surface area (Å²) in [4.78, 5) is 16.3. The number of carbonyl (C=O) groups is 1. The second kappa shape index (κ2) is 3.80. The predicted molar refractivity (Wildman–Crippen MR) is 60.1 cm³/mol. The van der Waals surface area contributed by atoms with Crippen LogP contribution in [0.4, 0.5) is 0 Å². The minimum atomic E-state index is -0.981. The van der Waals surface area contributed by atoms with Crippen LogP contribution < -0.4 is 0 Å². The van der Waals surface area contributed by atoms with Crippen molar-refractivity contribution in [3.05, 3.63) is 27.1 Å². The second-order valence-electron chi connectivity index (χ2n) is 2.44. The van der Waals surface area contributed by atoms with Gasteiger partial charge in [0.2, 0.25) is 0 Å². The Kier molecular flexibility index (Phi) is 2.66. The summed E-state index contributed by atoms with van der Waals surface area (Å²) >= 11 is 6.18. The molecular formula is C8H4BrNO2S2. The first kappa shape index (κ1) is 9.82. The third kappa shape index (κ3) is 1.73. The molecule has 14 heavy (non-hydrogen) atoms. The Labute approximate surface area is 96.2 Å². The van der Waals surface area contributed by atoms with Crippen LogP contribution in [0.3, 0.4) is 0 Å². The number of aromatic carboxylic acids is 1. The van der Waals surface area contributed by atoms with Crippen molar-refractivity contribution in [2.75, 3.05) is 0 Å². The number of carboxylic acids is 1. The zero-order chi connectivity index (χ0) is 10.1. The van der Waals surface area contributed by atoms with Crippen LogP contribution in [0.2, 0.25) is 0 Å². The Bertz CT molecular complexity index is 477. The molecule has 0 aliphatic heterocycles. The highest BCUT2D eigenvalue weighted by Crippen LogP contribution is 2.35. The number of hydrogen-bond donors (Lipinski definition) is 1. The molecular weight excluding hydrogens is 286 g/mol. The highest BCUT2D eigenvalue weighted by Gasteiger charge is 2.16. The van der Waals surface area contributed by atoms with E-state index in [1.54, 1.807) is 5.51 Å². The predicted octanol–water partition coefficient (Wildman–Crippen LogP) is 3.33. The average Bonchev–Trinajstić information content (AvgIpc) is 2.70. The standard InChI is InChI=1S/C8H4BrNO2S2/c9-5-2-1-4(14-5)7-6(8(11)12)10-3-13-7/h1-3H,(H,11,12). The quantitative estimate of drug-likeness (QED) is 0.923. The molecule has 2 aromatic rings. The molecule has 0 bridgehead atoms. The monoisotopic (exact) mass is 289 g/mol. The molecule has 6 heteroatoms. The maximum atomic E-state index is 10.8. The molecule has 2 rings (SSSR count). The fourth-order valence-corrected chi connectivity index (χ4v) is 3.31. The maximum absolute atomic E-state index is 10.8. The number of thiophene rings is 1. The van der Waals surface area contributed by atoms with Crippen molar-refractivity contribution in [1.29, 1.82) is 0 Å². The molecule has 0 aliphatic rings. The molecule has 0 fully saturated rings. The van der Waals surface area contributed by atoms with E-state index in [1.807, 2.05) is 12.1 Å². The van der Waals surface area contributed by atoms with E-state index in [4.69, 9.17) is 5.11 Å². The fourth-order valence-electron chi connectivity index (χ4n) is 1.01. The van der Waals surface area contributed by atoms with Gasteiger partial charge >= 0.3 is 5.97 Å². The van der Waals surface area contributed by atoms with Gasteiger partial charge in [0, 0.05) is 4.88 Å². The van der Waals surface area contributed by atoms with Crippen LogP contribution in [-0.2, 0) is 0 Å². The number of thiazole rings is 1. The highest BCUT2D eigenvalue weighted by molar-refractivity contribution is 9.11. The largest absolute Gasteiger partial charge is 0.476 e. The first-order chi connectivity index (χ1) is 6.68. The van der Waals surface area contributed by atoms with E-state index in [2.05, 4.69) is 20.9 Å². The lowest BCUT2D eigenvalue weighted by atomic mass is 10.3. The van der Waals surface area contributed by atoms with E-state index in [9.17, 15) is 4.79 Å². The number of rotatable bonds is 2. The molecule has 2 heterocycles. The lowest BCUT2D eigenvalue weighted by molar-refractivity contribution is 0.0692. The summed E-state index contributed by atoms with van der Waals surface area (Å²) in [5.41, 5.74) is 1.68. The third-order valence-corrected chi connectivity index (χ3v) is 4.20. The van der Waals surface area contributed by atoms with Gasteiger partial charge in [-0.25, -0.2) is 9.78 Å². The Morgan fingerprint density at radius 1 is 1.50 bits per heavy atom. The summed E-state index contributed by atoms with van der Waals surface area (Å²) in [5.74, 6) is -0.981. The molecule has 1 N–H and O–H groups in total. The summed E-state index contributed by atoms with van der Waals surface area (Å²) < 4.78 is 0.984. The molecule has 0 unspecified atom stereocenters. The smallest absolute Gasteiger partial charge is 0.356 e. The van der Waals surface area contributed by atoms with Gasteiger partial charge in [-0.2, -0.15) is 0 Å². The normalized spacial score (nSPS) is 10.4. The second-order valence-corrected chi connectivity index (χ2v) is 5.76. The first-order valence-electron chi connectivity index (χ1n) is 3.61. The number of hydrogen-bond acceptors (Lipinski definition) is 4. The van der Waals surface area contributed by atoms with Gasteiger partial charge in [0.05, 0.1) is 14.2 Å². The molecule has 0 spiro atoms. The number of nitrogens with zero attached hydrogens (tertiary/aromatic N) is 1. The molecule has 0 atom stereocenters. The zero-order valence-electron chi connectivity index (χ0n) is 6.73. The van der Waals surface area contributed by atoms with Crippen LogP contribution in [0, 0.1) is 0 Å². The third-order valence-electron chi connectivity index (χ3n) is 1.57. The molecule has 0 aliphatic carbocycles. The first-order valence-corrected chi connectivity index (χ1v) is 6.10. The van der Waals surface area contributed by atoms with Crippen molar-refractivity contribution in [2.45, 2.75) is 0 Å². The van der Waals surface area contributed by atoms with Crippen molar-refractivity contribution in [3.8, 4) is 9.75 Å². The van der Waals surface area contributed by atoms with Crippen molar-refractivity contribution in [3.63, 3.8) is 0 Å². The Balaban J connectivity index is 2.51. The lowest BCUT2D eigenvalue weighted by Crippen LogP contribution is -1.97. The van der Waals surface area contributed by atoms with Crippen LogP contribution >= 0.6 is 38.6 Å². The molecule has 0 saturated carbocycles. The van der Waals surface area contributed by atoms with Gasteiger partial charge in [-0.3, -0.25) is 0 Å². The molecule has 0 amide bonds. The number of aromatic nitrogens is 1. The summed E-state index contributed by atoms with van der Waals surface area (Å²) in [6, 6.07) is 3.78. The number of halogens is 1. The summed E-state index contributed by atoms with van der Waals surface area (Å²) in [6.45, 7) is 0. The van der Waals surface area contributed by atoms with Crippen molar-refractivity contribution in [2.24, 2.45) is 0 Å². The SMILES string of the molecule is O=C(O)c1ncsc1-c1ccc(Br)s1. The minimum Gasteiger partial charge on any atom is -0.476 e. The van der Waals surface area contributed by atoms with Crippen molar-refractivity contribution >= 4 is 44.6 Å². The zero-order valence-corrected chi connectivity index (χ0v) is 9.95. The minimum absolute atomic E-state index is 0.129. The van der Waals surface area contributed by atoms with E-state index in [0.717, 1.165) is 8.66 Å². The van der Waals surface area contributed by atoms with E-state index in [1.165, 1.54) is 22.7 Å². The maximum Gasteiger partial charge on any atom is 0.356 e. The van der Waals surface area contributed by atoms with Gasteiger partial charge in [0.15, 0.2) is 5.69 Å². The van der Waals surface area contributed by atoms with E-state index in [0.29, 0.717) is 4.88 Å².